The highest BCUT2D eigenvalue weighted by atomic mass is 32.1. The zero-order valence-corrected chi connectivity index (χ0v) is 28.7. The van der Waals surface area contributed by atoms with Gasteiger partial charge < -0.3 is 4.57 Å². The summed E-state index contributed by atoms with van der Waals surface area (Å²) in [5, 5.41) is 5.09. The molecule has 7 aromatic carbocycles. The monoisotopic (exact) mass is 669 g/mol. The van der Waals surface area contributed by atoms with Gasteiger partial charge in [-0.25, -0.2) is 9.97 Å². The number of aromatic nitrogens is 3. The smallest absolute Gasteiger partial charge is 0.160 e. The average Bonchev–Trinajstić information content (AvgIpc) is 3.73. The van der Waals surface area contributed by atoms with E-state index in [1.54, 1.807) is 0 Å². The fraction of sp³-hybridized carbons (Fsp3) is 0.0213. The second-order valence-electron chi connectivity index (χ2n) is 13.1. The quantitative estimate of drug-likeness (QED) is 0.183. The van der Waals surface area contributed by atoms with Crippen LogP contribution in [0.4, 0.5) is 0 Å². The Morgan fingerprint density at radius 2 is 1.10 bits per heavy atom. The predicted molar refractivity (Wildman–Crippen MR) is 216 cm³/mol. The number of hydrogen-bond acceptors (Lipinski definition) is 3. The molecule has 3 nitrogen and oxygen atoms in total. The van der Waals surface area contributed by atoms with E-state index < -0.39 is 0 Å². The van der Waals surface area contributed by atoms with E-state index in [-0.39, 0.29) is 0 Å². The standard InChI is InChI=1S/C47H31N3S/c1-30-23-24-44-39(25-30)36-19-8-10-21-43(36)50(44)35-27-38(46-40(28-35)37-20-9-11-22-45(37)51-46)33-17-12-18-34(26-33)42-29-41(31-13-4-2-5-14-31)48-47(49-42)32-15-6-3-7-16-32/h2-29H,1H3. The van der Waals surface area contributed by atoms with Crippen molar-refractivity contribution in [1.29, 1.82) is 0 Å². The molecule has 10 aromatic rings. The molecule has 3 aromatic heterocycles. The fourth-order valence-corrected chi connectivity index (χ4v) is 8.65. The minimum absolute atomic E-state index is 0.716. The van der Waals surface area contributed by atoms with E-state index in [0.717, 1.165) is 39.3 Å². The normalized spacial score (nSPS) is 11.6. The van der Waals surface area contributed by atoms with Crippen LogP contribution in [-0.2, 0) is 0 Å². The van der Waals surface area contributed by atoms with E-state index in [2.05, 4.69) is 157 Å². The molecule has 0 saturated carbocycles. The molecule has 0 aliphatic heterocycles. The number of para-hydroxylation sites is 1. The number of benzene rings is 7. The van der Waals surface area contributed by atoms with Crippen molar-refractivity contribution in [2.75, 3.05) is 0 Å². The first kappa shape index (κ1) is 29.5. The van der Waals surface area contributed by atoms with Gasteiger partial charge in [0.05, 0.1) is 22.4 Å². The minimum atomic E-state index is 0.716. The summed E-state index contributed by atoms with van der Waals surface area (Å²) < 4.78 is 5.01. The number of hydrogen-bond donors (Lipinski definition) is 0. The van der Waals surface area contributed by atoms with E-state index >= 15 is 0 Å². The molecule has 0 spiro atoms. The molecule has 0 fully saturated rings. The Morgan fingerprint density at radius 1 is 0.451 bits per heavy atom. The molecule has 3 heterocycles. The predicted octanol–water partition coefficient (Wildman–Crippen LogP) is 12.9. The van der Waals surface area contributed by atoms with Crippen LogP contribution in [0.15, 0.2) is 170 Å². The van der Waals surface area contributed by atoms with Gasteiger partial charge in [-0.2, -0.15) is 0 Å². The van der Waals surface area contributed by atoms with Crippen molar-refractivity contribution in [1.82, 2.24) is 14.5 Å². The first-order valence-electron chi connectivity index (χ1n) is 17.2. The largest absolute Gasteiger partial charge is 0.309 e. The summed E-state index contributed by atoms with van der Waals surface area (Å²) in [6.45, 7) is 2.17. The van der Waals surface area contributed by atoms with Crippen LogP contribution < -0.4 is 0 Å². The SMILES string of the molecule is Cc1ccc2c(c1)c1ccccc1n2-c1cc(-c2cccc(-c3cc(-c4ccccc4)nc(-c4ccccc4)n3)c2)c2sc3ccccc3c2c1. The highest BCUT2D eigenvalue weighted by Crippen LogP contribution is 2.44. The van der Waals surface area contributed by atoms with Gasteiger partial charge in [-0.3, -0.25) is 0 Å². The van der Waals surface area contributed by atoms with Gasteiger partial charge in [0.15, 0.2) is 5.82 Å². The van der Waals surface area contributed by atoms with Crippen molar-refractivity contribution in [2.45, 2.75) is 6.92 Å². The van der Waals surface area contributed by atoms with E-state index in [9.17, 15) is 0 Å². The van der Waals surface area contributed by atoms with Gasteiger partial charge in [0.25, 0.3) is 0 Å². The van der Waals surface area contributed by atoms with Crippen molar-refractivity contribution in [3.05, 3.63) is 175 Å². The Bertz CT molecular complexity index is 2860. The molecule has 0 atom stereocenters. The Kier molecular flexibility index (Phi) is 6.90. The van der Waals surface area contributed by atoms with Crippen molar-refractivity contribution in [2.24, 2.45) is 0 Å². The molecule has 0 saturated heterocycles. The summed E-state index contributed by atoms with van der Waals surface area (Å²) in [6, 6.07) is 60.7. The number of aryl methyl sites for hydroxylation is 1. The molecule has 0 bridgehead atoms. The minimum Gasteiger partial charge on any atom is -0.309 e. The van der Waals surface area contributed by atoms with Crippen LogP contribution in [0.1, 0.15) is 5.56 Å². The second-order valence-corrected chi connectivity index (χ2v) is 14.2. The number of nitrogens with zero attached hydrogens (tertiary/aromatic N) is 3. The summed E-state index contributed by atoms with van der Waals surface area (Å²) in [5.74, 6) is 0.716. The fourth-order valence-electron chi connectivity index (χ4n) is 7.43. The van der Waals surface area contributed by atoms with Gasteiger partial charge >= 0.3 is 0 Å². The second kappa shape index (κ2) is 11.9. The molecule has 0 aliphatic carbocycles. The van der Waals surface area contributed by atoms with Crippen molar-refractivity contribution in [3.8, 4) is 50.7 Å². The zero-order chi connectivity index (χ0) is 33.9. The number of fused-ring (bicyclic) bond motifs is 6. The van der Waals surface area contributed by atoms with E-state index in [4.69, 9.17) is 9.97 Å². The molecule has 4 heteroatoms. The first-order valence-corrected chi connectivity index (χ1v) is 18.1. The van der Waals surface area contributed by atoms with E-state index in [1.807, 2.05) is 35.6 Å². The molecule has 0 aliphatic rings. The summed E-state index contributed by atoms with van der Waals surface area (Å²) in [6.07, 6.45) is 0. The van der Waals surface area contributed by atoms with Gasteiger partial charge in [-0.1, -0.05) is 127 Å². The molecular weight excluding hydrogens is 639 g/mol. The van der Waals surface area contributed by atoms with Crippen molar-refractivity contribution in [3.63, 3.8) is 0 Å². The molecule has 240 valence electrons. The van der Waals surface area contributed by atoms with Crippen molar-refractivity contribution < 1.29 is 0 Å². The molecule has 10 rings (SSSR count). The highest BCUT2D eigenvalue weighted by Gasteiger charge is 2.18. The molecule has 0 unspecified atom stereocenters. The van der Waals surface area contributed by atoms with Crippen LogP contribution in [0.5, 0.6) is 0 Å². The lowest BCUT2D eigenvalue weighted by Gasteiger charge is -2.14. The third-order valence-corrected chi connectivity index (χ3v) is 11.1. The lowest BCUT2D eigenvalue weighted by Crippen LogP contribution is -1.96. The van der Waals surface area contributed by atoms with Gasteiger partial charge in [0.1, 0.15) is 0 Å². The topological polar surface area (TPSA) is 30.7 Å². The summed E-state index contributed by atoms with van der Waals surface area (Å²) in [5.41, 5.74) is 12.1. The zero-order valence-electron chi connectivity index (χ0n) is 27.9. The van der Waals surface area contributed by atoms with Gasteiger partial charge in [-0.15, -0.1) is 11.3 Å². The van der Waals surface area contributed by atoms with Crippen LogP contribution in [-0.4, -0.2) is 14.5 Å². The van der Waals surface area contributed by atoms with Gasteiger partial charge in [0, 0.05) is 58.9 Å². The maximum absolute atomic E-state index is 5.15. The van der Waals surface area contributed by atoms with Gasteiger partial charge in [-0.05, 0) is 61.0 Å². The number of rotatable bonds is 5. The third kappa shape index (κ3) is 5.03. The molecule has 51 heavy (non-hydrogen) atoms. The third-order valence-electron chi connectivity index (χ3n) is 9.85. The van der Waals surface area contributed by atoms with E-state index in [0.29, 0.717) is 5.82 Å². The maximum Gasteiger partial charge on any atom is 0.160 e. The number of thiophene rings is 1. The molecule has 0 radical (unpaired) electrons. The van der Waals surface area contributed by atoms with Crippen LogP contribution in [0.25, 0.3) is 92.7 Å². The van der Waals surface area contributed by atoms with E-state index in [1.165, 1.54) is 53.1 Å². The summed E-state index contributed by atoms with van der Waals surface area (Å²) in [7, 11) is 0. The highest BCUT2D eigenvalue weighted by molar-refractivity contribution is 7.26. The lowest BCUT2D eigenvalue weighted by atomic mass is 9.98. The van der Waals surface area contributed by atoms with Gasteiger partial charge in [0.2, 0.25) is 0 Å². The Labute approximate surface area is 299 Å². The van der Waals surface area contributed by atoms with Crippen molar-refractivity contribution >= 4 is 53.3 Å². The molecule has 0 amide bonds. The van der Waals surface area contributed by atoms with Crippen LogP contribution >= 0.6 is 11.3 Å². The first-order chi connectivity index (χ1) is 25.2. The Hall–Kier alpha value is -6.36. The van der Waals surface area contributed by atoms with Crippen LogP contribution in [0, 0.1) is 6.92 Å². The van der Waals surface area contributed by atoms with Crippen LogP contribution in [0.2, 0.25) is 0 Å². The Balaban J connectivity index is 1.21. The average molecular weight is 670 g/mol. The lowest BCUT2D eigenvalue weighted by molar-refractivity contribution is 1.18. The Morgan fingerprint density at radius 3 is 1.92 bits per heavy atom. The summed E-state index contributed by atoms with van der Waals surface area (Å²) in [4.78, 5) is 10.2. The summed E-state index contributed by atoms with van der Waals surface area (Å²) >= 11 is 1.86. The van der Waals surface area contributed by atoms with Crippen LogP contribution in [0.3, 0.4) is 0 Å². The maximum atomic E-state index is 5.15. The molecule has 0 N–H and O–H groups in total. The molecular formula is C47H31N3S.